The third kappa shape index (κ3) is 2.69. The van der Waals surface area contributed by atoms with Crippen molar-refractivity contribution in [3.8, 4) is 0 Å². The van der Waals surface area contributed by atoms with Gasteiger partial charge in [-0.25, -0.2) is 9.78 Å². The Bertz CT molecular complexity index is 859. The van der Waals surface area contributed by atoms with Gasteiger partial charge in [-0.2, -0.15) is 0 Å². The minimum Gasteiger partial charge on any atom is -0.393 e. The molecule has 4 fully saturated rings. The lowest BCUT2D eigenvalue weighted by Crippen LogP contribution is -2.66. The van der Waals surface area contributed by atoms with Crippen molar-refractivity contribution in [2.45, 2.75) is 104 Å². The molecule has 4 heteroatoms. The van der Waals surface area contributed by atoms with E-state index in [1.807, 2.05) is 6.08 Å². The van der Waals surface area contributed by atoms with Crippen LogP contribution in [0.3, 0.4) is 0 Å². The molecule has 0 radical (unpaired) electrons. The molecule has 2 bridgehead atoms. The Morgan fingerprint density at radius 1 is 1.00 bits per heavy atom. The lowest BCUT2D eigenvalue weighted by Gasteiger charge is -2.58. The highest BCUT2D eigenvalue weighted by Gasteiger charge is 2.78. The summed E-state index contributed by atoms with van der Waals surface area (Å²) < 4.78 is 0. The summed E-state index contributed by atoms with van der Waals surface area (Å²) >= 11 is 0. The maximum atomic E-state index is 13.6. The molecular weight excluding hydrogens is 400 g/mol. The largest absolute Gasteiger partial charge is 0.393 e. The van der Waals surface area contributed by atoms with Crippen molar-refractivity contribution in [1.29, 1.82) is 0 Å². The van der Waals surface area contributed by atoms with E-state index in [4.69, 9.17) is 9.78 Å². The van der Waals surface area contributed by atoms with Gasteiger partial charge in [0.25, 0.3) is 0 Å². The Labute approximate surface area is 193 Å². The standard InChI is InChI=1S/C28H42O4/c1-17(2)18(3)7-8-19(4)21-9-10-22-23-15-24(30)28-16-20(29)11-12-26(28,6)27(23,31-32-28)14-13-25(21,22)5/h7-8,15,17-22,29H,9-14,16H2,1-6H3/b8-7+. The summed E-state index contributed by atoms with van der Waals surface area (Å²) in [4.78, 5) is 25.8. The highest BCUT2D eigenvalue weighted by molar-refractivity contribution is 6.01. The van der Waals surface area contributed by atoms with Crippen LogP contribution >= 0.6 is 0 Å². The summed E-state index contributed by atoms with van der Waals surface area (Å²) in [5.74, 6) is 2.79. The van der Waals surface area contributed by atoms with E-state index in [0.29, 0.717) is 42.4 Å². The molecule has 32 heavy (non-hydrogen) atoms. The second-order valence-electron chi connectivity index (χ2n) is 12.6. The Kier molecular flexibility index (Phi) is 5.18. The predicted molar refractivity (Wildman–Crippen MR) is 125 cm³/mol. The third-order valence-corrected chi connectivity index (χ3v) is 11.0. The second kappa shape index (κ2) is 7.26. The van der Waals surface area contributed by atoms with Crippen LogP contribution in [0.4, 0.5) is 0 Å². The Morgan fingerprint density at radius 3 is 2.44 bits per heavy atom. The molecule has 0 amide bonds. The van der Waals surface area contributed by atoms with Gasteiger partial charge in [0.15, 0.2) is 11.4 Å². The zero-order valence-corrected chi connectivity index (χ0v) is 20.8. The van der Waals surface area contributed by atoms with Crippen LogP contribution in [0.5, 0.6) is 0 Å². The second-order valence-corrected chi connectivity index (χ2v) is 12.6. The maximum Gasteiger partial charge on any atom is 0.191 e. The van der Waals surface area contributed by atoms with E-state index in [0.717, 1.165) is 25.7 Å². The highest BCUT2D eigenvalue weighted by Crippen LogP contribution is 2.72. The number of carbonyl (C=O) groups excluding carboxylic acids is 1. The van der Waals surface area contributed by atoms with Gasteiger partial charge in [0.1, 0.15) is 5.60 Å². The lowest BCUT2D eigenvalue weighted by molar-refractivity contribution is -0.340. The first-order chi connectivity index (χ1) is 15.0. The minimum atomic E-state index is -1.01. The predicted octanol–water partition coefficient (Wildman–Crippen LogP) is 5.80. The minimum absolute atomic E-state index is 0.0216. The topological polar surface area (TPSA) is 55.8 Å². The number of hydrogen-bond donors (Lipinski definition) is 1. The van der Waals surface area contributed by atoms with Gasteiger partial charge >= 0.3 is 0 Å². The van der Waals surface area contributed by atoms with Crippen LogP contribution < -0.4 is 0 Å². The number of allylic oxidation sites excluding steroid dienone is 2. The third-order valence-electron chi connectivity index (χ3n) is 11.0. The van der Waals surface area contributed by atoms with E-state index >= 15 is 0 Å². The molecule has 0 aromatic carbocycles. The van der Waals surface area contributed by atoms with Crippen LogP contribution in [-0.4, -0.2) is 28.2 Å². The molecular formula is C28H42O4. The Morgan fingerprint density at radius 2 is 1.72 bits per heavy atom. The van der Waals surface area contributed by atoms with Crippen molar-refractivity contribution in [3.63, 3.8) is 0 Å². The number of aliphatic hydroxyl groups is 1. The summed E-state index contributed by atoms with van der Waals surface area (Å²) in [6.07, 6.45) is 12.4. The quantitative estimate of drug-likeness (QED) is 0.442. The summed E-state index contributed by atoms with van der Waals surface area (Å²) in [6.45, 7) is 13.9. The van der Waals surface area contributed by atoms with Crippen LogP contribution in [0.15, 0.2) is 23.8 Å². The number of rotatable bonds is 4. The fraction of sp³-hybridized carbons (Fsp3) is 0.821. The van der Waals surface area contributed by atoms with Gasteiger partial charge in [-0.05, 0) is 85.2 Å². The molecule has 0 aromatic heterocycles. The van der Waals surface area contributed by atoms with E-state index in [9.17, 15) is 9.90 Å². The lowest BCUT2D eigenvalue weighted by atomic mass is 9.44. The average molecular weight is 443 g/mol. The van der Waals surface area contributed by atoms with E-state index in [1.165, 1.54) is 12.0 Å². The zero-order chi connectivity index (χ0) is 23.1. The normalized spacial score (nSPS) is 49.6. The van der Waals surface area contributed by atoms with Crippen LogP contribution in [0.2, 0.25) is 0 Å². The van der Waals surface area contributed by atoms with E-state index in [1.54, 1.807) is 0 Å². The summed E-state index contributed by atoms with van der Waals surface area (Å²) in [5.41, 5.74) is -0.525. The SMILES string of the molecule is CC(C)C(C)/C=C/C(C)C1CCC2C3=CC(=O)C45CC(O)CCC4(C)C3(CCC21C)OO5. The summed E-state index contributed by atoms with van der Waals surface area (Å²) in [7, 11) is 0. The van der Waals surface area contributed by atoms with Crippen molar-refractivity contribution in [3.05, 3.63) is 23.8 Å². The summed E-state index contributed by atoms with van der Waals surface area (Å²) in [6, 6.07) is 0. The molecule has 9 unspecified atom stereocenters. The van der Waals surface area contributed by atoms with Crippen LogP contribution in [0, 0.1) is 40.4 Å². The first-order valence-corrected chi connectivity index (χ1v) is 13.0. The highest BCUT2D eigenvalue weighted by atomic mass is 17.2. The fourth-order valence-corrected chi connectivity index (χ4v) is 8.35. The van der Waals surface area contributed by atoms with Crippen molar-refractivity contribution in [1.82, 2.24) is 0 Å². The molecule has 5 aliphatic rings. The van der Waals surface area contributed by atoms with Gasteiger partial charge in [0, 0.05) is 11.8 Å². The molecule has 4 nitrogen and oxygen atoms in total. The van der Waals surface area contributed by atoms with Gasteiger partial charge in [0.05, 0.1) is 6.10 Å². The molecule has 9 atom stereocenters. The van der Waals surface area contributed by atoms with Crippen molar-refractivity contribution in [2.75, 3.05) is 0 Å². The van der Waals surface area contributed by atoms with E-state index in [2.05, 4.69) is 53.7 Å². The Hall–Kier alpha value is -0.970. The van der Waals surface area contributed by atoms with Crippen molar-refractivity contribution >= 4 is 5.78 Å². The van der Waals surface area contributed by atoms with Gasteiger partial charge in [-0.15, -0.1) is 0 Å². The molecule has 1 spiro atoms. The first kappa shape index (κ1) is 22.8. The molecule has 1 saturated heterocycles. The number of hydrogen-bond acceptors (Lipinski definition) is 4. The molecule has 0 aromatic rings. The van der Waals surface area contributed by atoms with Crippen LogP contribution in [0.25, 0.3) is 0 Å². The van der Waals surface area contributed by atoms with Crippen molar-refractivity contribution < 1.29 is 19.7 Å². The van der Waals surface area contributed by atoms with E-state index < -0.39 is 22.7 Å². The van der Waals surface area contributed by atoms with Crippen molar-refractivity contribution in [2.24, 2.45) is 40.4 Å². The number of aliphatic hydroxyl groups excluding tert-OH is 1. The summed E-state index contributed by atoms with van der Waals surface area (Å²) in [5, 5.41) is 10.4. The van der Waals surface area contributed by atoms with Gasteiger partial charge in [-0.1, -0.05) is 53.7 Å². The first-order valence-electron chi connectivity index (χ1n) is 13.0. The number of fused-ring (bicyclic) bond motifs is 2. The molecule has 1 heterocycles. The zero-order valence-electron chi connectivity index (χ0n) is 20.8. The smallest absolute Gasteiger partial charge is 0.191 e. The van der Waals surface area contributed by atoms with Gasteiger partial charge in [-0.3, -0.25) is 4.79 Å². The van der Waals surface area contributed by atoms with Crippen LogP contribution in [0.1, 0.15) is 86.5 Å². The molecule has 178 valence electrons. The Balaban J connectivity index is 1.48. The maximum absolute atomic E-state index is 13.6. The molecule has 4 aliphatic carbocycles. The number of ketones is 1. The van der Waals surface area contributed by atoms with Crippen LogP contribution in [-0.2, 0) is 14.6 Å². The average Bonchev–Trinajstić information content (AvgIpc) is 3.18. The molecule has 5 rings (SSSR count). The monoisotopic (exact) mass is 442 g/mol. The van der Waals surface area contributed by atoms with Gasteiger partial charge < -0.3 is 5.11 Å². The van der Waals surface area contributed by atoms with Gasteiger partial charge in [0.2, 0.25) is 0 Å². The molecule has 1 aliphatic heterocycles. The number of carbonyl (C=O) groups is 1. The van der Waals surface area contributed by atoms with E-state index in [-0.39, 0.29) is 11.2 Å². The molecule has 1 N–H and O–H groups in total. The fourth-order valence-electron chi connectivity index (χ4n) is 8.35. The molecule has 3 saturated carbocycles.